The van der Waals surface area contributed by atoms with Gasteiger partial charge in [0.15, 0.2) is 0 Å². The quantitative estimate of drug-likeness (QED) is 0.629. The highest BCUT2D eigenvalue weighted by molar-refractivity contribution is 7.03. The van der Waals surface area contributed by atoms with Gasteiger partial charge < -0.3 is 0 Å². The Hall–Kier alpha value is -0.370. The molecule has 0 radical (unpaired) electrons. The molecule has 0 spiro atoms. The van der Waals surface area contributed by atoms with Crippen LogP contribution < -0.4 is 0 Å². The molecule has 0 N–H and O–H groups in total. The van der Waals surface area contributed by atoms with Crippen molar-refractivity contribution < 1.29 is 0 Å². The summed E-state index contributed by atoms with van der Waals surface area (Å²) in [7, 11) is 0. The summed E-state index contributed by atoms with van der Waals surface area (Å²) < 4.78 is 4.40. The fourth-order valence-corrected chi connectivity index (χ4v) is 2.08. The third-order valence-electron chi connectivity index (χ3n) is 1.73. The van der Waals surface area contributed by atoms with E-state index >= 15 is 0 Å². The number of hydrogen-bond donors (Lipinski definition) is 0. The van der Waals surface area contributed by atoms with Crippen molar-refractivity contribution in [3.63, 3.8) is 0 Å². The smallest absolute Gasteiger partial charge is 0.0627 e. The highest BCUT2D eigenvalue weighted by atomic mass is 32.1. The number of rotatable bonds is 1. The minimum atomic E-state index is 0.214. The lowest BCUT2D eigenvalue weighted by molar-refractivity contribution is 0.569. The Morgan fingerprint density at radius 3 is 2.45 bits per heavy atom. The SMILES string of the molecule is CCc1csnc1C(C)(C)C. The number of aromatic nitrogens is 1. The second kappa shape index (κ2) is 2.94. The van der Waals surface area contributed by atoms with Crippen molar-refractivity contribution in [2.75, 3.05) is 0 Å². The number of aryl methyl sites for hydroxylation is 1. The zero-order chi connectivity index (χ0) is 8.48. The van der Waals surface area contributed by atoms with Gasteiger partial charge in [-0.15, -0.1) is 0 Å². The fourth-order valence-electron chi connectivity index (χ4n) is 1.13. The highest BCUT2D eigenvalue weighted by Gasteiger charge is 2.19. The molecule has 0 atom stereocenters. The first-order chi connectivity index (χ1) is 5.05. The van der Waals surface area contributed by atoms with Crippen LogP contribution >= 0.6 is 11.5 Å². The molecule has 1 heterocycles. The van der Waals surface area contributed by atoms with Gasteiger partial charge in [-0.1, -0.05) is 27.7 Å². The lowest BCUT2D eigenvalue weighted by Crippen LogP contribution is -2.13. The maximum absolute atomic E-state index is 4.40. The molecule has 2 heteroatoms. The Morgan fingerprint density at radius 2 is 2.09 bits per heavy atom. The number of nitrogens with zero attached hydrogens (tertiary/aromatic N) is 1. The van der Waals surface area contributed by atoms with Crippen molar-refractivity contribution in [2.24, 2.45) is 0 Å². The van der Waals surface area contributed by atoms with Crippen molar-refractivity contribution in [3.05, 3.63) is 16.6 Å². The molecule has 1 rings (SSSR count). The molecule has 0 aromatic carbocycles. The molecule has 0 unspecified atom stereocenters. The van der Waals surface area contributed by atoms with Gasteiger partial charge in [-0.25, -0.2) is 0 Å². The minimum Gasteiger partial charge on any atom is -0.197 e. The van der Waals surface area contributed by atoms with E-state index in [0.717, 1.165) is 6.42 Å². The van der Waals surface area contributed by atoms with Gasteiger partial charge in [0, 0.05) is 10.8 Å². The van der Waals surface area contributed by atoms with Crippen LogP contribution in [0.4, 0.5) is 0 Å². The molecule has 11 heavy (non-hydrogen) atoms. The van der Waals surface area contributed by atoms with Crippen LogP contribution in [0.3, 0.4) is 0 Å². The molecule has 0 bridgehead atoms. The Morgan fingerprint density at radius 1 is 1.45 bits per heavy atom. The van der Waals surface area contributed by atoms with Crippen LogP contribution in [0.1, 0.15) is 39.0 Å². The van der Waals surface area contributed by atoms with E-state index < -0.39 is 0 Å². The molecule has 1 aromatic heterocycles. The third-order valence-corrected chi connectivity index (χ3v) is 2.41. The molecule has 0 aliphatic heterocycles. The maximum atomic E-state index is 4.40. The lowest BCUT2D eigenvalue weighted by atomic mass is 9.89. The molecule has 1 nitrogen and oxygen atoms in total. The van der Waals surface area contributed by atoms with Crippen molar-refractivity contribution in [3.8, 4) is 0 Å². The summed E-state index contributed by atoms with van der Waals surface area (Å²) in [6, 6.07) is 0. The first kappa shape index (κ1) is 8.72. The van der Waals surface area contributed by atoms with Gasteiger partial charge in [0.05, 0.1) is 5.69 Å². The largest absolute Gasteiger partial charge is 0.197 e. The van der Waals surface area contributed by atoms with E-state index in [1.807, 2.05) is 0 Å². The molecular formula is C9H15NS. The third kappa shape index (κ3) is 1.80. The Bertz CT molecular complexity index is 232. The first-order valence-electron chi connectivity index (χ1n) is 3.99. The summed E-state index contributed by atoms with van der Waals surface area (Å²) in [5.41, 5.74) is 2.89. The van der Waals surface area contributed by atoms with Crippen molar-refractivity contribution in [1.82, 2.24) is 4.37 Å². The predicted octanol–water partition coefficient (Wildman–Crippen LogP) is 3.00. The van der Waals surface area contributed by atoms with Gasteiger partial charge in [-0.3, -0.25) is 0 Å². The predicted molar refractivity (Wildman–Crippen MR) is 50.2 cm³/mol. The van der Waals surface area contributed by atoms with E-state index in [0.29, 0.717) is 0 Å². The zero-order valence-corrected chi connectivity index (χ0v) is 8.46. The van der Waals surface area contributed by atoms with Crippen LogP contribution in [0.5, 0.6) is 0 Å². The molecule has 62 valence electrons. The Labute approximate surface area is 72.6 Å². The van der Waals surface area contributed by atoms with E-state index in [2.05, 4.69) is 37.4 Å². The second-order valence-corrected chi connectivity index (χ2v) is 4.42. The van der Waals surface area contributed by atoms with E-state index in [1.54, 1.807) is 11.5 Å². The van der Waals surface area contributed by atoms with Crippen molar-refractivity contribution >= 4 is 11.5 Å². The summed E-state index contributed by atoms with van der Waals surface area (Å²) in [4.78, 5) is 0. The van der Waals surface area contributed by atoms with Crippen LogP contribution in [0.2, 0.25) is 0 Å². The van der Waals surface area contributed by atoms with Gasteiger partial charge in [-0.2, -0.15) is 4.37 Å². The first-order valence-corrected chi connectivity index (χ1v) is 4.83. The molecule has 0 saturated carbocycles. The summed E-state index contributed by atoms with van der Waals surface area (Å²) in [6.07, 6.45) is 1.10. The van der Waals surface area contributed by atoms with Gasteiger partial charge in [-0.05, 0) is 23.5 Å². The molecule has 0 aliphatic carbocycles. The van der Waals surface area contributed by atoms with E-state index in [9.17, 15) is 0 Å². The maximum Gasteiger partial charge on any atom is 0.0627 e. The summed E-state index contributed by atoms with van der Waals surface area (Å²) in [6.45, 7) is 8.81. The van der Waals surface area contributed by atoms with Gasteiger partial charge in [0.1, 0.15) is 0 Å². The van der Waals surface area contributed by atoms with Crippen LogP contribution in [-0.2, 0) is 11.8 Å². The van der Waals surface area contributed by atoms with E-state index in [1.165, 1.54) is 11.3 Å². The molecular weight excluding hydrogens is 154 g/mol. The highest BCUT2D eigenvalue weighted by Crippen LogP contribution is 2.25. The molecule has 1 aromatic rings. The summed E-state index contributed by atoms with van der Waals surface area (Å²) in [5.74, 6) is 0. The minimum absolute atomic E-state index is 0.214. The van der Waals surface area contributed by atoms with E-state index in [-0.39, 0.29) is 5.41 Å². The van der Waals surface area contributed by atoms with Crippen molar-refractivity contribution in [1.29, 1.82) is 0 Å². The van der Waals surface area contributed by atoms with Crippen LogP contribution in [-0.4, -0.2) is 4.37 Å². The van der Waals surface area contributed by atoms with Crippen LogP contribution in [0, 0.1) is 0 Å². The monoisotopic (exact) mass is 169 g/mol. The van der Waals surface area contributed by atoms with Crippen molar-refractivity contribution in [2.45, 2.75) is 39.5 Å². The summed E-state index contributed by atoms with van der Waals surface area (Å²) >= 11 is 1.57. The molecule has 0 amide bonds. The Balaban J connectivity index is 3.02. The van der Waals surface area contributed by atoms with Crippen LogP contribution in [0.15, 0.2) is 5.38 Å². The Kier molecular flexibility index (Phi) is 2.33. The normalized spacial score (nSPS) is 12.0. The molecule has 0 aliphatic rings. The van der Waals surface area contributed by atoms with Gasteiger partial charge >= 0.3 is 0 Å². The second-order valence-electron chi connectivity index (χ2n) is 3.79. The standard InChI is InChI=1S/C9H15NS/c1-5-7-6-11-10-8(7)9(2,3)4/h6H,5H2,1-4H3. The zero-order valence-electron chi connectivity index (χ0n) is 7.64. The average molecular weight is 169 g/mol. The molecule has 0 fully saturated rings. The molecule has 0 saturated heterocycles. The summed E-state index contributed by atoms with van der Waals surface area (Å²) in [5, 5.41) is 2.15. The van der Waals surface area contributed by atoms with Gasteiger partial charge in [0.2, 0.25) is 0 Å². The number of hydrogen-bond acceptors (Lipinski definition) is 2. The average Bonchev–Trinajstić information content (AvgIpc) is 2.31. The lowest BCUT2D eigenvalue weighted by Gasteiger charge is -2.16. The van der Waals surface area contributed by atoms with E-state index in [4.69, 9.17) is 0 Å². The van der Waals surface area contributed by atoms with Crippen LogP contribution in [0.25, 0.3) is 0 Å². The fraction of sp³-hybridized carbons (Fsp3) is 0.667. The van der Waals surface area contributed by atoms with Gasteiger partial charge in [0.25, 0.3) is 0 Å². The topological polar surface area (TPSA) is 12.9 Å².